The second kappa shape index (κ2) is 8.71. The predicted molar refractivity (Wildman–Crippen MR) is 117 cm³/mol. The molecule has 3 N–H and O–H groups in total. The van der Waals surface area contributed by atoms with Gasteiger partial charge in [0, 0.05) is 29.1 Å². The molecule has 11 nitrogen and oxygen atoms in total. The number of aromatic nitrogens is 2. The van der Waals surface area contributed by atoms with Crippen molar-refractivity contribution in [1.29, 1.82) is 0 Å². The summed E-state index contributed by atoms with van der Waals surface area (Å²) in [6.45, 7) is -0.212. The zero-order valence-corrected chi connectivity index (χ0v) is 18.7. The Bertz CT molecular complexity index is 1370. The molecule has 0 atom stereocenters. The van der Waals surface area contributed by atoms with E-state index in [-0.39, 0.29) is 17.4 Å². The number of thiazole rings is 1. The SMILES string of the molecule is COc1ccc(C(=O)N2CCc3c(sc4nc(O)c(C(=O)NCC(=O)O)c(=O)n34)C2)cc1Cl. The van der Waals surface area contributed by atoms with Gasteiger partial charge in [-0.2, -0.15) is 4.98 Å². The Morgan fingerprint density at radius 3 is 2.76 bits per heavy atom. The number of hydrogen-bond donors (Lipinski definition) is 3. The largest absolute Gasteiger partial charge is 0.495 e. The number of carbonyl (C=O) groups excluding carboxylic acids is 2. The summed E-state index contributed by atoms with van der Waals surface area (Å²) in [5.41, 5.74) is -0.479. The third-order valence-electron chi connectivity index (χ3n) is 5.11. The van der Waals surface area contributed by atoms with Crippen molar-refractivity contribution in [3.8, 4) is 11.6 Å². The quantitative estimate of drug-likeness (QED) is 0.479. The Labute approximate surface area is 194 Å². The number of nitrogens with one attached hydrogen (secondary N) is 1. The summed E-state index contributed by atoms with van der Waals surface area (Å²) < 4.78 is 6.33. The summed E-state index contributed by atoms with van der Waals surface area (Å²) in [5.74, 6) is -2.92. The average Bonchev–Trinajstić information content (AvgIpc) is 3.14. The summed E-state index contributed by atoms with van der Waals surface area (Å²) in [4.78, 5) is 55.2. The van der Waals surface area contributed by atoms with Gasteiger partial charge in [0.2, 0.25) is 10.8 Å². The zero-order valence-electron chi connectivity index (χ0n) is 17.1. The molecule has 3 heterocycles. The van der Waals surface area contributed by atoms with E-state index in [2.05, 4.69) is 4.98 Å². The first-order chi connectivity index (χ1) is 15.7. The van der Waals surface area contributed by atoms with E-state index in [9.17, 15) is 24.3 Å². The number of hydrogen-bond acceptors (Lipinski definition) is 8. The highest BCUT2D eigenvalue weighted by atomic mass is 35.5. The van der Waals surface area contributed by atoms with E-state index >= 15 is 0 Å². The van der Waals surface area contributed by atoms with Crippen LogP contribution in [-0.2, 0) is 17.8 Å². The third-order valence-corrected chi connectivity index (χ3v) is 6.47. The molecule has 33 heavy (non-hydrogen) atoms. The summed E-state index contributed by atoms with van der Waals surface area (Å²) in [6, 6.07) is 4.74. The van der Waals surface area contributed by atoms with Crippen molar-refractivity contribution in [1.82, 2.24) is 19.6 Å². The molecule has 0 saturated heterocycles. The van der Waals surface area contributed by atoms with Crippen molar-refractivity contribution >= 4 is 45.7 Å². The number of aliphatic carboxylic acids is 1. The van der Waals surface area contributed by atoms with Crippen LogP contribution in [0.1, 0.15) is 31.3 Å². The van der Waals surface area contributed by atoms with Gasteiger partial charge in [0.05, 0.1) is 18.7 Å². The number of rotatable bonds is 5. The topological polar surface area (TPSA) is 151 Å². The lowest BCUT2D eigenvalue weighted by Gasteiger charge is -2.27. The van der Waals surface area contributed by atoms with Crippen molar-refractivity contribution in [2.24, 2.45) is 0 Å². The van der Waals surface area contributed by atoms with Crippen molar-refractivity contribution in [3.63, 3.8) is 0 Å². The molecule has 172 valence electrons. The van der Waals surface area contributed by atoms with Crippen molar-refractivity contribution in [2.75, 3.05) is 20.2 Å². The average molecular weight is 493 g/mol. The predicted octanol–water partition coefficient (Wildman–Crippen LogP) is 1.14. The first-order valence-electron chi connectivity index (χ1n) is 9.60. The molecule has 0 radical (unpaired) electrons. The molecule has 1 aromatic carbocycles. The lowest BCUT2D eigenvalue weighted by molar-refractivity contribution is -0.135. The number of ether oxygens (including phenoxy) is 1. The number of benzene rings is 1. The Morgan fingerprint density at radius 1 is 1.33 bits per heavy atom. The minimum absolute atomic E-state index is 0.166. The Morgan fingerprint density at radius 2 is 2.09 bits per heavy atom. The van der Waals surface area contributed by atoms with Crippen LogP contribution in [0.3, 0.4) is 0 Å². The number of amides is 2. The molecule has 2 amide bonds. The summed E-state index contributed by atoms with van der Waals surface area (Å²) in [7, 11) is 1.48. The van der Waals surface area contributed by atoms with Crippen LogP contribution >= 0.6 is 22.9 Å². The molecule has 4 rings (SSSR count). The molecule has 1 aliphatic rings. The molecule has 3 aromatic rings. The van der Waals surface area contributed by atoms with Gasteiger partial charge in [-0.05, 0) is 18.2 Å². The molecule has 0 unspecified atom stereocenters. The van der Waals surface area contributed by atoms with Crippen LogP contribution < -0.4 is 15.6 Å². The highest BCUT2D eigenvalue weighted by Crippen LogP contribution is 2.30. The van der Waals surface area contributed by atoms with Gasteiger partial charge in [-0.3, -0.25) is 23.6 Å². The van der Waals surface area contributed by atoms with Gasteiger partial charge in [-0.15, -0.1) is 0 Å². The Balaban J connectivity index is 1.66. The maximum absolute atomic E-state index is 13.0. The highest BCUT2D eigenvalue weighted by molar-refractivity contribution is 7.17. The maximum atomic E-state index is 13.0. The number of halogens is 1. The number of carboxylic acids is 1. The minimum Gasteiger partial charge on any atom is -0.495 e. The molecule has 13 heteroatoms. The lowest BCUT2D eigenvalue weighted by Crippen LogP contribution is -2.37. The number of nitrogens with zero attached hydrogens (tertiary/aromatic N) is 3. The van der Waals surface area contributed by atoms with Crippen LogP contribution in [0.2, 0.25) is 5.02 Å². The lowest BCUT2D eigenvalue weighted by atomic mass is 10.1. The van der Waals surface area contributed by atoms with Gasteiger partial charge < -0.3 is 25.2 Å². The van der Waals surface area contributed by atoms with Crippen molar-refractivity contribution in [2.45, 2.75) is 13.0 Å². The normalized spacial score (nSPS) is 13.0. The Kier molecular flexibility index (Phi) is 5.95. The first-order valence-corrected chi connectivity index (χ1v) is 10.8. The van der Waals surface area contributed by atoms with Crippen molar-refractivity contribution in [3.05, 3.63) is 55.3 Å². The smallest absolute Gasteiger partial charge is 0.322 e. The monoisotopic (exact) mass is 492 g/mol. The van der Waals surface area contributed by atoms with Crippen LogP contribution in [0, 0.1) is 0 Å². The molecule has 0 spiro atoms. The zero-order chi connectivity index (χ0) is 23.9. The van der Waals surface area contributed by atoms with Gasteiger partial charge in [-0.1, -0.05) is 22.9 Å². The van der Waals surface area contributed by atoms with Crippen molar-refractivity contribution < 1.29 is 29.3 Å². The molecule has 0 aliphatic carbocycles. The molecule has 2 aromatic heterocycles. The van der Waals surface area contributed by atoms with E-state index in [1.807, 2.05) is 5.32 Å². The standard InChI is InChI=1S/C20H17ClN4O7S/c1-32-12-3-2-9(6-10(12)21)18(30)24-5-4-11-13(8-24)33-20-23-17(29)15(19(31)25(11)20)16(28)22-7-14(26)27/h2-3,6,29H,4-5,7-8H2,1H3,(H,22,28)(H,26,27). The van der Waals surface area contributed by atoms with Crippen LogP contribution in [0.4, 0.5) is 0 Å². The second-order valence-corrected chi connectivity index (χ2v) is 8.58. The summed E-state index contributed by atoms with van der Waals surface area (Å²) >= 11 is 7.25. The van der Waals surface area contributed by atoms with E-state index < -0.39 is 35.4 Å². The van der Waals surface area contributed by atoms with E-state index in [0.717, 1.165) is 11.3 Å². The highest BCUT2D eigenvalue weighted by Gasteiger charge is 2.29. The third kappa shape index (κ3) is 4.10. The molecule has 0 bridgehead atoms. The molecule has 0 fully saturated rings. The minimum atomic E-state index is -1.30. The van der Waals surface area contributed by atoms with E-state index in [1.165, 1.54) is 17.6 Å². The molecular weight excluding hydrogens is 476 g/mol. The van der Waals surface area contributed by atoms with E-state index in [4.69, 9.17) is 21.4 Å². The number of aromatic hydroxyl groups is 1. The van der Waals surface area contributed by atoms with Crippen LogP contribution in [0.25, 0.3) is 4.96 Å². The maximum Gasteiger partial charge on any atom is 0.322 e. The number of carboxylic acid groups (broad SMARTS) is 1. The van der Waals surface area contributed by atoms with Crippen LogP contribution in [-0.4, -0.2) is 62.5 Å². The van der Waals surface area contributed by atoms with E-state index in [1.54, 1.807) is 17.0 Å². The summed E-state index contributed by atoms with van der Waals surface area (Å²) in [6.07, 6.45) is 0.313. The van der Waals surface area contributed by atoms with Gasteiger partial charge in [0.1, 0.15) is 12.3 Å². The second-order valence-electron chi connectivity index (χ2n) is 7.11. The fourth-order valence-electron chi connectivity index (χ4n) is 3.56. The Hall–Kier alpha value is -3.64. The fraction of sp³-hybridized carbons (Fsp3) is 0.250. The van der Waals surface area contributed by atoms with Gasteiger partial charge >= 0.3 is 5.97 Å². The number of fused-ring (bicyclic) bond motifs is 3. The van der Waals surface area contributed by atoms with Gasteiger partial charge in [0.15, 0.2) is 5.56 Å². The summed E-state index contributed by atoms with van der Waals surface area (Å²) in [5, 5.41) is 21.2. The van der Waals surface area contributed by atoms with Crippen LogP contribution in [0.15, 0.2) is 23.0 Å². The molecular formula is C20H17ClN4O7S. The molecule has 1 aliphatic heterocycles. The first kappa shape index (κ1) is 22.6. The molecule has 0 saturated carbocycles. The van der Waals surface area contributed by atoms with E-state index in [0.29, 0.717) is 39.9 Å². The number of carbonyl (C=O) groups is 3. The van der Waals surface area contributed by atoms with Gasteiger partial charge in [-0.25, -0.2) is 0 Å². The fourth-order valence-corrected chi connectivity index (χ4v) is 4.98. The number of methoxy groups -OCH3 is 1. The van der Waals surface area contributed by atoms with Crippen LogP contribution in [0.5, 0.6) is 11.6 Å². The van der Waals surface area contributed by atoms with Gasteiger partial charge in [0.25, 0.3) is 17.4 Å².